The predicted octanol–water partition coefficient (Wildman–Crippen LogP) is 4.28. The van der Waals surface area contributed by atoms with Gasteiger partial charge in [-0.1, -0.05) is 55.5 Å². The molecule has 5 rings (SSSR count). The molecule has 0 bridgehead atoms. The van der Waals surface area contributed by atoms with Gasteiger partial charge in [0.2, 0.25) is 11.8 Å². The van der Waals surface area contributed by atoms with Crippen LogP contribution in [0.25, 0.3) is 0 Å². The number of alkyl carbamates (subject to hydrolysis) is 1. The third-order valence-electron chi connectivity index (χ3n) is 10.0. The van der Waals surface area contributed by atoms with Crippen molar-refractivity contribution in [1.29, 1.82) is 0 Å². The standard InChI is InChI=1S/C37H49ClN6O9S/c1-2-24-21-37(24,43-33(45)30-20-27(23-40-30)52-32-18-17-25(38)22-41-32)35(48)44-54(50,51)31-16-10-9-14-28(31)39-19-11-5-3-4-6-15-29(34(46)47)42-36(49)53-26-12-7-8-13-26/h2,9-10,14,16-18,22,24,26-27,29-30,39-40H,1,3-8,11-13,15,19-21,23H2,(H,42,49)(H,43,45)(H,44,48)(H,46,47)/t24-,27-,29+,30+,37-/m1/s1. The zero-order valence-corrected chi connectivity index (χ0v) is 31.6. The first-order chi connectivity index (χ1) is 25.9. The fourth-order valence-electron chi connectivity index (χ4n) is 6.87. The van der Waals surface area contributed by atoms with E-state index in [2.05, 4.69) is 37.6 Å². The summed E-state index contributed by atoms with van der Waals surface area (Å²) in [5.41, 5.74) is -1.14. The van der Waals surface area contributed by atoms with E-state index in [0.717, 1.165) is 44.9 Å². The molecule has 3 aliphatic rings. The van der Waals surface area contributed by atoms with E-state index in [1.807, 2.05) is 0 Å². The summed E-state index contributed by atoms with van der Waals surface area (Å²) in [6.45, 7) is 4.59. The van der Waals surface area contributed by atoms with Crippen molar-refractivity contribution < 1.29 is 42.2 Å². The van der Waals surface area contributed by atoms with Crippen LogP contribution in [0.3, 0.4) is 0 Å². The van der Waals surface area contributed by atoms with Crippen LogP contribution < -0.4 is 30.7 Å². The van der Waals surface area contributed by atoms with E-state index in [4.69, 9.17) is 21.1 Å². The molecular weight excluding hydrogens is 740 g/mol. The van der Waals surface area contributed by atoms with Gasteiger partial charge >= 0.3 is 12.1 Å². The van der Waals surface area contributed by atoms with Crippen molar-refractivity contribution in [2.24, 2.45) is 5.92 Å². The number of carbonyl (C=O) groups is 4. The number of nitrogens with zero attached hydrogens (tertiary/aromatic N) is 1. The number of rotatable bonds is 20. The summed E-state index contributed by atoms with van der Waals surface area (Å²) in [5, 5.41) is 21.5. The van der Waals surface area contributed by atoms with Crippen molar-refractivity contribution in [2.75, 3.05) is 18.4 Å². The molecule has 6 N–H and O–H groups in total. The van der Waals surface area contributed by atoms with Gasteiger partial charge in [-0.3, -0.25) is 9.59 Å². The van der Waals surface area contributed by atoms with Gasteiger partial charge in [-0.2, -0.15) is 0 Å². The number of hydrogen-bond donors (Lipinski definition) is 6. The Balaban J connectivity index is 1.05. The van der Waals surface area contributed by atoms with Gasteiger partial charge < -0.3 is 35.8 Å². The average molecular weight is 789 g/mol. The molecule has 17 heteroatoms. The summed E-state index contributed by atoms with van der Waals surface area (Å²) in [4.78, 5) is 54.6. The van der Waals surface area contributed by atoms with Gasteiger partial charge in [0.1, 0.15) is 28.7 Å². The summed E-state index contributed by atoms with van der Waals surface area (Å²) in [6.07, 6.45) is 9.92. The Kier molecular flexibility index (Phi) is 14.2. The normalized spacial score (nSPS) is 22.8. The summed E-state index contributed by atoms with van der Waals surface area (Å²) in [7, 11) is -4.34. The number of sulfonamides is 1. The van der Waals surface area contributed by atoms with Gasteiger partial charge in [-0.25, -0.2) is 27.7 Å². The van der Waals surface area contributed by atoms with E-state index in [-0.39, 0.29) is 23.5 Å². The van der Waals surface area contributed by atoms with Crippen LogP contribution in [0.4, 0.5) is 10.5 Å². The first kappa shape index (κ1) is 40.8. The van der Waals surface area contributed by atoms with Gasteiger partial charge in [-0.15, -0.1) is 6.58 Å². The van der Waals surface area contributed by atoms with Crippen molar-refractivity contribution in [3.63, 3.8) is 0 Å². The third kappa shape index (κ3) is 11.1. The molecule has 15 nitrogen and oxygen atoms in total. The first-order valence-electron chi connectivity index (χ1n) is 18.5. The third-order valence-corrected chi connectivity index (χ3v) is 11.6. The smallest absolute Gasteiger partial charge is 0.408 e. The second kappa shape index (κ2) is 18.8. The SMILES string of the molecule is C=C[C@@H]1C[C@]1(NC(=O)[C@@H]1C[C@@H](Oc2ccc(Cl)cn2)CN1)C(=O)NS(=O)(=O)c1ccccc1NCCCCCCC[C@H](NC(=O)OC1CCCC1)C(=O)O. The Morgan fingerprint density at radius 2 is 1.80 bits per heavy atom. The molecule has 3 amide bonds. The summed E-state index contributed by atoms with van der Waals surface area (Å²) >= 11 is 5.89. The lowest BCUT2D eigenvalue weighted by atomic mass is 10.1. The van der Waals surface area contributed by atoms with Crippen LogP contribution in [-0.4, -0.2) is 85.3 Å². The molecule has 3 fully saturated rings. The predicted molar refractivity (Wildman–Crippen MR) is 201 cm³/mol. The topological polar surface area (TPSA) is 214 Å². The molecule has 5 atom stereocenters. The number of halogens is 1. The van der Waals surface area contributed by atoms with Crippen LogP contribution >= 0.6 is 11.6 Å². The van der Waals surface area contributed by atoms with Crippen molar-refractivity contribution in [2.45, 2.75) is 112 Å². The Morgan fingerprint density at radius 3 is 2.50 bits per heavy atom. The number of para-hydroxylation sites is 1. The molecule has 2 saturated carbocycles. The lowest BCUT2D eigenvalue weighted by molar-refractivity contribution is -0.139. The Labute approximate surface area is 320 Å². The highest BCUT2D eigenvalue weighted by Crippen LogP contribution is 2.45. The van der Waals surface area contributed by atoms with E-state index < -0.39 is 57.4 Å². The van der Waals surface area contributed by atoms with E-state index >= 15 is 0 Å². The van der Waals surface area contributed by atoms with Crippen LogP contribution in [0.2, 0.25) is 5.02 Å². The molecule has 0 radical (unpaired) electrons. The zero-order valence-electron chi connectivity index (χ0n) is 30.1. The number of unbranched alkanes of at least 4 members (excludes halogenated alkanes) is 4. The number of carboxylic acid groups (broad SMARTS) is 1. The molecule has 1 aromatic heterocycles. The summed E-state index contributed by atoms with van der Waals surface area (Å²) in [5.74, 6) is -2.50. The fourth-order valence-corrected chi connectivity index (χ4v) is 8.21. The summed E-state index contributed by atoms with van der Waals surface area (Å²) < 4.78 is 40.4. The maximum absolute atomic E-state index is 13.6. The van der Waals surface area contributed by atoms with Crippen molar-refractivity contribution in [1.82, 2.24) is 25.7 Å². The van der Waals surface area contributed by atoms with Gasteiger partial charge in [0.15, 0.2) is 0 Å². The molecule has 294 valence electrons. The van der Waals surface area contributed by atoms with E-state index in [1.54, 1.807) is 30.3 Å². The monoisotopic (exact) mass is 788 g/mol. The fraction of sp³-hybridized carbons (Fsp3) is 0.541. The lowest BCUT2D eigenvalue weighted by Crippen LogP contribution is -2.55. The number of aromatic nitrogens is 1. The van der Waals surface area contributed by atoms with E-state index in [1.165, 1.54) is 18.3 Å². The van der Waals surface area contributed by atoms with Crippen LogP contribution in [0, 0.1) is 5.92 Å². The quantitative estimate of drug-likeness (QED) is 0.0820. The number of nitrogens with one attached hydrogen (secondary N) is 5. The number of hydrogen-bond acceptors (Lipinski definition) is 11. The highest BCUT2D eigenvalue weighted by Gasteiger charge is 2.61. The average Bonchev–Trinajstić information content (AvgIpc) is 3.41. The minimum atomic E-state index is -4.34. The van der Waals surface area contributed by atoms with E-state index in [0.29, 0.717) is 55.4 Å². The molecule has 54 heavy (non-hydrogen) atoms. The molecule has 2 heterocycles. The lowest BCUT2D eigenvalue weighted by Gasteiger charge is -2.21. The second-order valence-corrected chi connectivity index (χ2v) is 16.1. The maximum atomic E-state index is 13.6. The maximum Gasteiger partial charge on any atom is 0.408 e. The highest BCUT2D eigenvalue weighted by molar-refractivity contribution is 7.90. The molecular formula is C37H49ClN6O9S. The molecule has 1 saturated heterocycles. The van der Waals surface area contributed by atoms with Crippen LogP contribution in [0.15, 0.2) is 60.1 Å². The zero-order chi connectivity index (χ0) is 38.7. The van der Waals surface area contributed by atoms with Gasteiger partial charge in [-0.05, 0) is 63.1 Å². The molecule has 0 unspecified atom stereocenters. The number of aliphatic carboxylic acids is 1. The van der Waals surface area contributed by atoms with Crippen LogP contribution in [-0.2, 0) is 29.1 Å². The van der Waals surface area contributed by atoms with Crippen molar-refractivity contribution >= 4 is 51.2 Å². The molecule has 0 spiro atoms. The number of carboxylic acids is 1. The number of amides is 3. The van der Waals surface area contributed by atoms with Gasteiger partial charge in [0.25, 0.3) is 15.9 Å². The minimum absolute atomic E-state index is 0.109. The minimum Gasteiger partial charge on any atom is -0.480 e. The Bertz CT molecular complexity index is 1760. The van der Waals surface area contributed by atoms with Crippen LogP contribution in [0.1, 0.15) is 77.0 Å². The second-order valence-electron chi connectivity index (χ2n) is 14.0. The number of ether oxygens (including phenoxy) is 2. The Morgan fingerprint density at radius 1 is 1.06 bits per heavy atom. The molecule has 1 aromatic carbocycles. The van der Waals surface area contributed by atoms with Crippen molar-refractivity contribution in [3.8, 4) is 5.88 Å². The largest absolute Gasteiger partial charge is 0.480 e. The molecule has 1 aliphatic heterocycles. The molecule has 2 aliphatic carbocycles. The van der Waals surface area contributed by atoms with Crippen molar-refractivity contribution in [3.05, 3.63) is 60.3 Å². The number of pyridine rings is 1. The number of benzene rings is 1. The summed E-state index contributed by atoms with van der Waals surface area (Å²) in [6, 6.07) is 7.85. The number of carbonyl (C=O) groups excluding carboxylic acids is 3. The van der Waals surface area contributed by atoms with Gasteiger partial charge in [0.05, 0.1) is 16.8 Å². The first-order valence-corrected chi connectivity index (χ1v) is 20.3. The number of anilines is 1. The van der Waals surface area contributed by atoms with Crippen LogP contribution in [0.5, 0.6) is 5.88 Å². The van der Waals surface area contributed by atoms with E-state index in [9.17, 15) is 32.7 Å². The Hall–Kier alpha value is -4.41. The molecule has 2 aromatic rings. The highest BCUT2D eigenvalue weighted by atomic mass is 35.5. The van der Waals surface area contributed by atoms with Gasteiger partial charge in [0, 0.05) is 37.7 Å².